The van der Waals surface area contributed by atoms with Crippen LogP contribution in [0.5, 0.6) is 0 Å². The largest absolute Gasteiger partial charge is 0.399 e. The Kier molecular flexibility index (Phi) is 1.93. The zero-order chi connectivity index (χ0) is 9.26. The van der Waals surface area contributed by atoms with E-state index in [0.717, 1.165) is 29.8 Å². The van der Waals surface area contributed by atoms with E-state index in [9.17, 15) is 0 Å². The Bertz CT molecular complexity index is 358. The lowest BCUT2D eigenvalue weighted by molar-refractivity contribution is 0.213. The predicted octanol–water partition coefficient (Wildman–Crippen LogP) is 1.57. The first-order chi connectivity index (χ1) is 6.33. The Hall–Kier alpha value is -1.51. The van der Waals surface area contributed by atoms with Crippen molar-refractivity contribution in [2.75, 3.05) is 12.8 Å². The average molecular weight is 176 g/mol. The Labute approximate surface area is 77.2 Å². The third kappa shape index (κ3) is 1.26. The number of rotatable bonds is 1. The summed E-state index contributed by atoms with van der Waals surface area (Å²) < 4.78 is 0. The van der Waals surface area contributed by atoms with Crippen LogP contribution in [0.25, 0.3) is 0 Å². The van der Waals surface area contributed by atoms with Crippen molar-refractivity contribution in [2.45, 2.75) is 12.8 Å². The molecule has 1 aromatic rings. The highest BCUT2D eigenvalue weighted by atomic mass is 16.6. The molecular weight excluding hydrogens is 164 g/mol. The number of anilines is 1. The summed E-state index contributed by atoms with van der Waals surface area (Å²) in [7, 11) is 1.57. The lowest BCUT2D eigenvalue weighted by atomic mass is 10.1. The first-order valence-corrected chi connectivity index (χ1v) is 4.30. The third-order valence-electron chi connectivity index (χ3n) is 2.34. The van der Waals surface area contributed by atoms with E-state index in [1.54, 1.807) is 7.11 Å². The van der Waals surface area contributed by atoms with Crippen LogP contribution in [0, 0.1) is 0 Å². The highest BCUT2D eigenvalue weighted by Crippen LogP contribution is 2.27. The molecule has 0 unspecified atom stereocenters. The number of nitrogens with two attached hydrogens (primary N) is 1. The Morgan fingerprint density at radius 2 is 2.23 bits per heavy atom. The minimum absolute atomic E-state index is 0.860. The van der Waals surface area contributed by atoms with E-state index in [4.69, 9.17) is 10.6 Å². The highest BCUT2D eigenvalue weighted by Gasteiger charge is 2.19. The summed E-state index contributed by atoms with van der Waals surface area (Å²) in [5.74, 6) is 0. The zero-order valence-electron chi connectivity index (χ0n) is 7.58. The number of nitrogens with zero attached hydrogens (tertiary/aromatic N) is 1. The van der Waals surface area contributed by atoms with Crippen molar-refractivity contribution in [2.24, 2.45) is 5.16 Å². The van der Waals surface area contributed by atoms with Gasteiger partial charge in [-0.2, -0.15) is 0 Å². The topological polar surface area (TPSA) is 47.6 Å². The standard InChI is InChI=1S/C10H12N2O/c1-13-12-10-6-5-7-8(10)3-2-4-9(7)11/h2-4H,5-6,11H2,1H3/b12-10-. The molecule has 3 nitrogen and oxygen atoms in total. The van der Waals surface area contributed by atoms with E-state index in [-0.39, 0.29) is 0 Å². The molecule has 0 fully saturated rings. The van der Waals surface area contributed by atoms with Gasteiger partial charge in [-0.25, -0.2) is 0 Å². The van der Waals surface area contributed by atoms with Gasteiger partial charge >= 0.3 is 0 Å². The molecule has 2 rings (SSSR count). The van der Waals surface area contributed by atoms with Gasteiger partial charge in [0.05, 0.1) is 5.71 Å². The van der Waals surface area contributed by atoms with Crippen molar-refractivity contribution >= 4 is 11.4 Å². The summed E-state index contributed by atoms with van der Waals surface area (Å²) in [5, 5.41) is 3.97. The molecule has 13 heavy (non-hydrogen) atoms. The van der Waals surface area contributed by atoms with E-state index in [2.05, 4.69) is 5.16 Å². The van der Waals surface area contributed by atoms with Gasteiger partial charge in [0.1, 0.15) is 7.11 Å². The second kappa shape index (κ2) is 3.09. The van der Waals surface area contributed by atoms with Crippen LogP contribution in [0.2, 0.25) is 0 Å². The summed E-state index contributed by atoms with van der Waals surface area (Å²) in [6.07, 6.45) is 1.90. The average Bonchev–Trinajstić information content (AvgIpc) is 2.51. The van der Waals surface area contributed by atoms with Crippen LogP contribution in [-0.4, -0.2) is 12.8 Å². The SMILES string of the molecule is CO/N=C1/CCc2c(N)cccc21. The molecule has 0 aromatic heterocycles. The zero-order valence-corrected chi connectivity index (χ0v) is 7.58. The fourth-order valence-electron chi connectivity index (χ4n) is 1.74. The molecule has 0 amide bonds. The minimum atomic E-state index is 0.860. The monoisotopic (exact) mass is 176 g/mol. The molecule has 0 spiro atoms. The van der Waals surface area contributed by atoms with Gasteiger partial charge in [-0.3, -0.25) is 0 Å². The molecule has 0 saturated carbocycles. The quantitative estimate of drug-likeness (QED) is 0.521. The van der Waals surface area contributed by atoms with E-state index >= 15 is 0 Å². The molecule has 0 atom stereocenters. The molecule has 1 aromatic carbocycles. The molecule has 0 aliphatic heterocycles. The molecule has 2 N–H and O–H groups in total. The summed E-state index contributed by atoms with van der Waals surface area (Å²) in [5.41, 5.74) is 10.0. The number of fused-ring (bicyclic) bond motifs is 1. The fraction of sp³-hybridized carbons (Fsp3) is 0.300. The summed E-state index contributed by atoms with van der Waals surface area (Å²) >= 11 is 0. The van der Waals surface area contributed by atoms with E-state index < -0.39 is 0 Å². The fourth-order valence-corrected chi connectivity index (χ4v) is 1.74. The molecule has 1 aliphatic rings. The van der Waals surface area contributed by atoms with Gasteiger partial charge in [0.15, 0.2) is 0 Å². The van der Waals surface area contributed by atoms with E-state index in [1.165, 1.54) is 5.56 Å². The number of benzene rings is 1. The molecule has 0 radical (unpaired) electrons. The molecule has 1 aliphatic carbocycles. The number of nitrogen functional groups attached to an aromatic ring is 1. The van der Waals surface area contributed by atoms with Gasteiger partial charge in [0.2, 0.25) is 0 Å². The van der Waals surface area contributed by atoms with Crippen molar-refractivity contribution in [3.63, 3.8) is 0 Å². The first kappa shape index (κ1) is 8.10. The van der Waals surface area contributed by atoms with Gasteiger partial charge in [-0.05, 0) is 24.5 Å². The normalized spacial score (nSPS) is 17.5. The predicted molar refractivity (Wildman–Crippen MR) is 52.7 cm³/mol. The van der Waals surface area contributed by atoms with Crippen molar-refractivity contribution in [3.05, 3.63) is 29.3 Å². The van der Waals surface area contributed by atoms with Crippen LogP contribution in [0.1, 0.15) is 17.5 Å². The van der Waals surface area contributed by atoms with Crippen LogP contribution >= 0.6 is 0 Å². The number of oxime groups is 1. The van der Waals surface area contributed by atoms with Gasteiger partial charge in [0.25, 0.3) is 0 Å². The lowest BCUT2D eigenvalue weighted by Crippen LogP contribution is -1.96. The summed E-state index contributed by atoms with van der Waals surface area (Å²) in [4.78, 5) is 4.77. The van der Waals surface area contributed by atoms with Crippen molar-refractivity contribution in [3.8, 4) is 0 Å². The maximum absolute atomic E-state index is 5.83. The molecule has 0 heterocycles. The van der Waals surface area contributed by atoms with Crippen LogP contribution in [0.4, 0.5) is 5.69 Å². The first-order valence-electron chi connectivity index (χ1n) is 4.30. The van der Waals surface area contributed by atoms with Crippen molar-refractivity contribution < 1.29 is 4.84 Å². The van der Waals surface area contributed by atoms with Gasteiger partial charge < -0.3 is 10.6 Å². The molecule has 3 heteroatoms. The smallest absolute Gasteiger partial charge is 0.106 e. The molecule has 0 saturated heterocycles. The Morgan fingerprint density at radius 1 is 1.38 bits per heavy atom. The molecule has 68 valence electrons. The summed E-state index contributed by atoms with van der Waals surface area (Å²) in [6.45, 7) is 0. The minimum Gasteiger partial charge on any atom is -0.399 e. The highest BCUT2D eigenvalue weighted by molar-refractivity contribution is 6.05. The Morgan fingerprint density at radius 3 is 3.00 bits per heavy atom. The van der Waals surface area contributed by atoms with Crippen LogP contribution in [0.3, 0.4) is 0 Å². The number of hydrogen-bond donors (Lipinski definition) is 1. The second-order valence-electron chi connectivity index (χ2n) is 3.09. The van der Waals surface area contributed by atoms with E-state index in [1.807, 2.05) is 18.2 Å². The lowest BCUT2D eigenvalue weighted by Gasteiger charge is -2.01. The maximum atomic E-state index is 5.83. The van der Waals surface area contributed by atoms with Crippen LogP contribution in [0.15, 0.2) is 23.4 Å². The maximum Gasteiger partial charge on any atom is 0.106 e. The van der Waals surface area contributed by atoms with Crippen LogP contribution in [-0.2, 0) is 11.3 Å². The molecular formula is C10H12N2O. The van der Waals surface area contributed by atoms with Gasteiger partial charge in [-0.1, -0.05) is 17.3 Å². The van der Waals surface area contributed by atoms with Crippen molar-refractivity contribution in [1.29, 1.82) is 0 Å². The Balaban J connectivity index is 2.49. The second-order valence-corrected chi connectivity index (χ2v) is 3.09. The van der Waals surface area contributed by atoms with Gasteiger partial charge in [0, 0.05) is 11.3 Å². The number of hydrogen-bond acceptors (Lipinski definition) is 3. The summed E-state index contributed by atoms with van der Waals surface area (Å²) in [6, 6.07) is 5.91. The third-order valence-corrected chi connectivity index (χ3v) is 2.34. The van der Waals surface area contributed by atoms with Crippen LogP contribution < -0.4 is 5.73 Å². The van der Waals surface area contributed by atoms with Gasteiger partial charge in [-0.15, -0.1) is 0 Å². The van der Waals surface area contributed by atoms with Crippen molar-refractivity contribution in [1.82, 2.24) is 0 Å². The van der Waals surface area contributed by atoms with E-state index in [0.29, 0.717) is 0 Å². The molecule has 0 bridgehead atoms.